The Labute approximate surface area is 143 Å². The van der Waals surface area contributed by atoms with Crippen LogP contribution in [0.1, 0.15) is 42.5 Å². The number of anilines is 2. The highest BCUT2D eigenvalue weighted by molar-refractivity contribution is 5.52. The normalized spacial score (nSPS) is 18.5. The number of aromatic nitrogens is 3. The van der Waals surface area contributed by atoms with Crippen LogP contribution in [0.3, 0.4) is 0 Å². The molecule has 1 atom stereocenters. The van der Waals surface area contributed by atoms with Gasteiger partial charge in [0, 0.05) is 24.0 Å². The van der Waals surface area contributed by atoms with Crippen molar-refractivity contribution >= 4 is 11.6 Å². The van der Waals surface area contributed by atoms with Crippen LogP contribution in [0.25, 0.3) is 0 Å². The molecule has 24 heavy (non-hydrogen) atoms. The number of nitrogens with zero attached hydrogens (tertiary/aromatic N) is 4. The number of rotatable bonds is 5. The van der Waals surface area contributed by atoms with Gasteiger partial charge < -0.3 is 10.4 Å². The quantitative estimate of drug-likeness (QED) is 0.879. The highest BCUT2D eigenvalue weighted by Crippen LogP contribution is 2.29. The number of likely N-dealkylation sites (tertiary alicyclic amines) is 1. The SMILES string of the molecule is Cc1cccc(Nc2cc(C)nc(C3CCCCN3CCO)n2)n1. The van der Waals surface area contributed by atoms with E-state index in [2.05, 4.69) is 20.2 Å². The molecule has 3 heterocycles. The minimum Gasteiger partial charge on any atom is -0.395 e. The highest BCUT2D eigenvalue weighted by Gasteiger charge is 2.26. The summed E-state index contributed by atoms with van der Waals surface area (Å²) < 4.78 is 0. The zero-order valence-electron chi connectivity index (χ0n) is 14.4. The van der Waals surface area contributed by atoms with Crippen molar-refractivity contribution in [1.82, 2.24) is 19.9 Å². The van der Waals surface area contributed by atoms with Crippen molar-refractivity contribution < 1.29 is 5.11 Å². The number of piperidine rings is 1. The smallest absolute Gasteiger partial charge is 0.148 e. The molecule has 1 aliphatic heterocycles. The highest BCUT2D eigenvalue weighted by atomic mass is 16.3. The fourth-order valence-electron chi connectivity index (χ4n) is 3.23. The van der Waals surface area contributed by atoms with Crippen LogP contribution in [0.2, 0.25) is 0 Å². The Morgan fingerprint density at radius 2 is 2.00 bits per heavy atom. The summed E-state index contributed by atoms with van der Waals surface area (Å²) in [6.45, 7) is 5.78. The van der Waals surface area contributed by atoms with Gasteiger partial charge in [-0.05, 0) is 45.4 Å². The van der Waals surface area contributed by atoms with Gasteiger partial charge in [0.05, 0.1) is 12.6 Å². The molecular weight excluding hydrogens is 302 g/mol. The van der Waals surface area contributed by atoms with Crippen LogP contribution in [0, 0.1) is 13.8 Å². The lowest BCUT2D eigenvalue weighted by molar-refractivity contribution is 0.112. The average molecular weight is 327 g/mol. The standard InChI is InChI=1S/C18H25N5O/c1-13-6-5-8-16(19-13)21-17-12-14(2)20-18(22-17)15-7-3-4-9-23(15)10-11-24/h5-6,8,12,15,24H,3-4,7,9-11H2,1-2H3,(H,19,20,21,22). The van der Waals surface area contributed by atoms with Crippen molar-refractivity contribution in [2.45, 2.75) is 39.2 Å². The Balaban J connectivity index is 1.85. The van der Waals surface area contributed by atoms with Crippen LogP contribution >= 0.6 is 0 Å². The van der Waals surface area contributed by atoms with E-state index in [4.69, 9.17) is 4.98 Å². The van der Waals surface area contributed by atoms with E-state index in [1.165, 1.54) is 12.8 Å². The fourth-order valence-corrected chi connectivity index (χ4v) is 3.23. The van der Waals surface area contributed by atoms with E-state index in [9.17, 15) is 5.11 Å². The molecule has 3 rings (SSSR count). The molecule has 128 valence electrons. The van der Waals surface area contributed by atoms with Gasteiger partial charge in [-0.25, -0.2) is 15.0 Å². The Bertz CT molecular complexity index is 689. The molecule has 0 saturated carbocycles. The van der Waals surface area contributed by atoms with E-state index in [0.29, 0.717) is 6.54 Å². The van der Waals surface area contributed by atoms with Gasteiger partial charge in [0.15, 0.2) is 0 Å². The van der Waals surface area contributed by atoms with Crippen molar-refractivity contribution in [2.75, 3.05) is 25.0 Å². The molecule has 1 aliphatic rings. The summed E-state index contributed by atoms with van der Waals surface area (Å²) in [4.78, 5) is 16.1. The lowest BCUT2D eigenvalue weighted by Crippen LogP contribution is -2.36. The van der Waals surface area contributed by atoms with Gasteiger partial charge in [0.1, 0.15) is 17.5 Å². The maximum atomic E-state index is 9.31. The van der Waals surface area contributed by atoms with Crippen molar-refractivity contribution in [1.29, 1.82) is 0 Å². The van der Waals surface area contributed by atoms with Gasteiger partial charge in [-0.2, -0.15) is 0 Å². The van der Waals surface area contributed by atoms with Gasteiger partial charge in [0.2, 0.25) is 0 Å². The van der Waals surface area contributed by atoms with E-state index >= 15 is 0 Å². The van der Waals surface area contributed by atoms with Crippen molar-refractivity contribution in [3.63, 3.8) is 0 Å². The number of aryl methyl sites for hydroxylation is 2. The van der Waals surface area contributed by atoms with Crippen LogP contribution in [-0.2, 0) is 0 Å². The lowest BCUT2D eigenvalue weighted by Gasteiger charge is -2.34. The van der Waals surface area contributed by atoms with E-state index in [-0.39, 0.29) is 12.6 Å². The van der Waals surface area contributed by atoms with Crippen LogP contribution in [0.4, 0.5) is 11.6 Å². The van der Waals surface area contributed by atoms with Crippen LogP contribution in [-0.4, -0.2) is 44.7 Å². The molecule has 0 spiro atoms. The summed E-state index contributed by atoms with van der Waals surface area (Å²) in [5, 5.41) is 12.6. The largest absolute Gasteiger partial charge is 0.395 e. The Hall–Kier alpha value is -2.05. The Morgan fingerprint density at radius 3 is 2.79 bits per heavy atom. The molecule has 0 aromatic carbocycles. The topological polar surface area (TPSA) is 74.2 Å². The van der Waals surface area contributed by atoms with Crippen LogP contribution in [0.5, 0.6) is 0 Å². The van der Waals surface area contributed by atoms with Crippen LogP contribution in [0.15, 0.2) is 24.3 Å². The number of pyridine rings is 1. The zero-order valence-corrected chi connectivity index (χ0v) is 14.4. The van der Waals surface area contributed by atoms with Gasteiger partial charge in [-0.1, -0.05) is 12.5 Å². The first kappa shape index (κ1) is 16.8. The van der Waals surface area contributed by atoms with Gasteiger partial charge in [0.25, 0.3) is 0 Å². The number of nitrogens with one attached hydrogen (secondary N) is 1. The molecule has 0 amide bonds. The van der Waals surface area contributed by atoms with Crippen molar-refractivity contribution in [2.24, 2.45) is 0 Å². The first-order chi connectivity index (χ1) is 11.7. The second kappa shape index (κ2) is 7.68. The lowest BCUT2D eigenvalue weighted by atomic mass is 10.0. The Morgan fingerprint density at radius 1 is 1.12 bits per heavy atom. The predicted octanol–water partition coefficient (Wildman–Crippen LogP) is 2.75. The van der Waals surface area contributed by atoms with E-state index in [1.54, 1.807) is 0 Å². The second-order valence-corrected chi connectivity index (χ2v) is 6.31. The summed E-state index contributed by atoms with van der Waals surface area (Å²) in [7, 11) is 0. The third kappa shape index (κ3) is 4.07. The van der Waals surface area contributed by atoms with Crippen molar-refractivity contribution in [3.05, 3.63) is 41.5 Å². The van der Waals surface area contributed by atoms with E-state index in [0.717, 1.165) is 41.8 Å². The van der Waals surface area contributed by atoms with Gasteiger partial charge in [-0.15, -0.1) is 0 Å². The van der Waals surface area contributed by atoms with E-state index < -0.39 is 0 Å². The molecule has 1 unspecified atom stereocenters. The summed E-state index contributed by atoms with van der Waals surface area (Å²) in [6, 6.07) is 7.99. The molecule has 2 aromatic heterocycles. The second-order valence-electron chi connectivity index (χ2n) is 6.31. The fraction of sp³-hybridized carbons (Fsp3) is 0.500. The molecule has 1 saturated heterocycles. The average Bonchev–Trinajstić information content (AvgIpc) is 2.55. The molecule has 6 nitrogen and oxygen atoms in total. The summed E-state index contributed by atoms with van der Waals surface area (Å²) in [5.74, 6) is 2.39. The molecular formula is C18H25N5O. The third-order valence-corrected chi connectivity index (χ3v) is 4.31. The summed E-state index contributed by atoms with van der Waals surface area (Å²) >= 11 is 0. The first-order valence-electron chi connectivity index (χ1n) is 8.57. The monoisotopic (exact) mass is 327 g/mol. The third-order valence-electron chi connectivity index (χ3n) is 4.31. The Kier molecular flexibility index (Phi) is 5.37. The summed E-state index contributed by atoms with van der Waals surface area (Å²) in [6.07, 6.45) is 3.37. The minimum atomic E-state index is 0.167. The zero-order chi connectivity index (χ0) is 16.9. The number of aliphatic hydroxyl groups excluding tert-OH is 1. The molecule has 0 bridgehead atoms. The first-order valence-corrected chi connectivity index (χ1v) is 8.57. The molecule has 1 fully saturated rings. The number of hydrogen-bond acceptors (Lipinski definition) is 6. The maximum Gasteiger partial charge on any atom is 0.148 e. The number of β-amino-alcohol motifs (C(OH)–C–C–N with tert-alkyl or cyclic N) is 1. The summed E-state index contributed by atoms with van der Waals surface area (Å²) in [5.41, 5.74) is 1.90. The molecule has 0 aliphatic carbocycles. The maximum absolute atomic E-state index is 9.31. The predicted molar refractivity (Wildman–Crippen MR) is 94.3 cm³/mol. The van der Waals surface area contributed by atoms with E-state index in [1.807, 2.05) is 38.1 Å². The minimum absolute atomic E-state index is 0.167. The molecule has 2 aromatic rings. The molecule has 6 heteroatoms. The molecule has 0 radical (unpaired) electrons. The van der Waals surface area contributed by atoms with Gasteiger partial charge in [-0.3, -0.25) is 4.90 Å². The molecule has 2 N–H and O–H groups in total. The van der Waals surface area contributed by atoms with Gasteiger partial charge >= 0.3 is 0 Å². The number of hydrogen-bond donors (Lipinski definition) is 2. The number of aliphatic hydroxyl groups is 1. The van der Waals surface area contributed by atoms with Crippen LogP contribution < -0.4 is 5.32 Å². The van der Waals surface area contributed by atoms with Crippen molar-refractivity contribution in [3.8, 4) is 0 Å².